The van der Waals surface area contributed by atoms with Crippen molar-refractivity contribution in [2.45, 2.75) is 44.2 Å². The lowest BCUT2D eigenvalue weighted by molar-refractivity contribution is -0.151. The molecule has 0 spiro atoms. The Morgan fingerprint density at radius 1 is 1.12 bits per heavy atom. The Bertz CT molecular complexity index is 1060. The van der Waals surface area contributed by atoms with Gasteiger partial charge in [0.15, 0.2) is 6.04 Å². The Labute approximate surface area is 190 Å². The summed E-state index contributed by atoms with van der Waals surface area (Å²) in [5.74, 6) is -2.67. The molecule has 2 unspecified atom stereocenters. The first-order valence-electron chi connectivity index (χ1n) is 10.9. The third kappa shape index (κ3) is 4.39. The van der Waals surface area contributed by atoms with Gasteiger partial charge in [0.05, 0.1) is 6.42 Å². The molecule has 2 aliphatic rings. The van der Waals surface area contributed by atoms with Gasteiger partial charge in [-0.3, -0.25) is 15.0 Å². The van der Waals surface area contributed by atoms with Gasteiger partial charge in [-0.25, -0.2) is 14.6 Å². The van der Waals surface area contributed by atoms with Crippen LogP contribution in [0.1, 0.15) is 43.2 Å². The molecule has 3 N–H and O–H groups in total. The lowest BCUT2D eigenvalue weighted by Gasteiger charge is -2.26. The molecular formula is C24H25N3O6. The van der Waals surface area contributed by atoms with E-state index in [9.17, 15) is 24.3 Å². The summed E-state index contributed by atoms with van der Waals surface area (Å²) in [4.78, 5) is 48.6. The summed E-state index contributed by atoms with van der Waals surface area (Å²) in [5.41, 5.74) is 6.61. The third-order valence-corrected chi connectivity index (χ3v) is 5.97. The van der Waals surface area contributed by atoms with Gasteiger partial charge in [0.2, 0.25) is 5.91 Å². The maximum Gasteiger partial charge on any atom is 0.407 e. The Morgan fingerprint density at radius 2 is 1.73 bits per heavy atom. The summed E-state index contributed by atoms with van der Waals surface area (Å²) < 4.78 is 5.50. The first kappa shape index (κ1) is 22.3. The molecule has 172 valence electrons. The Morgan fingerprint density at radius 3 is 2.30 bits per heavy atom. The second-order valence-electron chi connectivity index (χ2n) is 8.11. The number of alkyl carbamates (subject to hydrolysis) is 1. The SMILES string of the molecule is CCCC(NC(=O)OCC1c2ccccc2-c2ccccc21)C(=O)N1NC(=O)CC1C(=O)O. The Hall–Kier alpha value is -3.88. The fourth-order valence-electron chi connectivity index (χ4n) is 4.43. The van der Waals surface area contributed by atoms with Crippen LogP contribution in [-0.4, -0.2) is 52.7 Å². The molecular weight excluding hydrogens is 426 g/mol. The molecule has 0 radical (unpaired) electrons. The molecule has 9 nitrogen and oxygen atoms in total. The van der Waals surface area contributed by atoms with Crippen molar-refractivity contribution in [3.63, 3.8) is 0 Å². The molecule has 3 amide bonds. The lowest BCUT2D eigenvalue weighted by atomic mass is 9.98. The highest BCUT2D eigenvalue weighted by Crippen LogP contribution is 2.44. The van der Waals surface area contributed by atoms with Crippen molar-refractivity contribution in [2.24, 2.45) is 0 Å². The van der Waals surface area contributed by atoms with Crippen LogP contribution in [0.5, 0.6) is 0 Å². The number of carboxylic acids is 1. The van der Waals surface area contributed by atoms with E-state index >= 15 is 0 Å². The zero-order valence-electron chi connectivity index (χ0n) is 18.1. The Balaban J connectivity index is 1.44. The van der Waals surface area contributed by atoms with E-state index in [0.717, 1.165) is 27.3 Å². The molecule has 1 fully saturated rings. The molecule has 2 atom stereocenters. The maximum atomic E-state index is 12.9. The summed E-state index contributed by atoms with van der Waals surface area (Å²) in [6.45, 7) is 1.92. The summed E-state index contributed by atoms with van der Waals surface area (Å²) in [7, 11) is 0. The molecule has 2 aromatic rings. The minimum absolute atomic E-state index is 0.0884. The topological polar surface area (TPSA) is 125 Å². The molecule has 1 aliphatic carbocycles. The summed E-state index contributed by atoms with van der Waals surface area (Å²) in [6, 6.07) is 13.6. The average Bonchev–Trinajstić information content (AvgIpc) is 3.35. The molecule has 33 heavy (non-hydrogen) atoms. The Kier molecular flexibility index (Phi) is 6.30. The third-order valence-electron chi connectivity index (χ3n) is 5.97. The molecule has 1 saturated heterocycles. The van der Waals surface area contributed by atoms with Crippen molar-refractivity contribution in [1.29, 1.82) is 0 Å². The number of hydrazine groups is 1. The van der Waals surface area contributed by atoms with E-state index in [2.05, 4.69) is 10.7 Å². The first-order valence-corrected chi connectivity index (χ1v) is 10.9. The van der Waals surface area contributed by atoms with Crippen LogP contribution in [0.4, 0.5) is 4.79 Å². The quantitative estimate of drug-likeness (QED) is 0.594. The number of fused-ring (bicyclic) bond motifs is 3. The number of carbonyl (C=O) groups excluding carboxylic acids is 3. The minimum atomic E-state index is -1.31. The van der Waals surface area contributed by atoms with Crippen LogP contribution in [0.15, 0.2) is 48.5 Å². The van der Waals surface area contributed by atoms with E-state index in [-0.39, 0.29) is 25.4 Å². The summed E-state index contributed by atoms with van der Waals surface area (Å²) >= 11 is 0. The van der Waals surface area contributed by atoms with Gasteiger partial charge in [-0.05, 0) is 28.7 Å². The van der Waals surface area contributed by atoms with Gasteiger partial charge in [0.25, 0.3) is 5.91 Å². The molecule has 0 bridgehead atoms. The zero-order chi connectivity index (χ0) is 23.5. The van der Waals surface area contributed by atoms with Crippen LogP contribution in [0.3, 0.4) is 0 Å². The van der Waals surface area contributed by atoms with E-state index in [1.807, 2.05) is 55.5 Å². The normalized spacial score (nSPS) is 17.7. The number of benzene rings is 2. The van der Waals surface area contributed by atoms with Gasteiger partial charge in [0.1, 0.15) is 12.6 Å². The maximum absolute atomic E-state index is 12.9. The van der Waals surface area contributed by atoms with Gasteiger partial charge in [-0.2, -0.15) is 0 Å². The van der Waals surface area contributed by atoms with Crippen LogP contribution >= 0.6 is 0 Å². The van der Waals surface area contributed by atoms with Crippen LogP contribution in [0.25, 0.3) is 11.1 Å². The molecule has 9 heteroatoms. The van der Waals surface area contributed by atoms with Gasteiger partial charge in [0, 0.05) is 5.92 Å². The van der Waals surface area contributed by atoms with Gasteiger partial charge >= 0.3 is 12.1 Å². The summed E-state index contributed by atoms with van der Waals surface area (Å²) in [6.07, 6.45) is -0.285. The van der Waals surface area contributed by atoms with Gasteiger partial charge in [-0.1, -0.05) is 61.9 Å². The number of nitrogens with one attached hydrogen (secondary N) is 2. The minimum Gasteiger partial charge on any atom is -0.480 e. The highest BCUT2D eigenvalue weighted by molar-refractivity contribution is 5.96. The smallest absolute Gasteiger partial charge is 0.407 e. The summed E-state index contributed by atoms with van der Waals surface area (Å²) in [5, 5.41) is 12.6. The molecule has 2 aromatic carbocycles. The van der Waals surface area contributed by atoms with Gasteiger partial charge < -0.3 is 15.2 Å². The van der Waals surface area contributed by atoms with Crippen LogP contribution < -0.4 is 10.7 Å². The second kappa shape index (κ2) is 9.32. The highest BCUT2D eigenvalue weighted by Gasteiger charge is 2.41. The highest BCUT2D eigenvalue weighted by atomic mass is 16.5. The van der Waals surface area contributed by atoms with E-state index in [1.165, 1.54) is 0 Å². The number of carboxylic acid groups (broad SMARTS) is 1. The van der Waals surface area contributed by atoms with Crippen molar-refractivity contribution >= 4 is 23.9 Å². The van der Waals surface area contributed by atoms with E-state index in [1.54, 1.807) is 0 Å². The van der Waals surface area contributed by atoms with Crippen LogP contribution in [0, 0.1) is 0 Å². The number of nitrogens with zero attached hydrogens (tertiary/aromatic N) is 1. The number of carbonyl (C=O) groups is 4. The average molecular weight is 451 g/mol. The van der Waals surface area contributed by atoms with Crippen LogP contribution in [-0.2, 0) is 19.1 Å². The van der Waals surface area contributed by atoms with Crippen molar-refractivity contribution in [2.75, 3.05) is 6.61 Å². The first-order chi connectivity index (χ1) is 15.9. The molecule has 0 saturated carbocycles. The predicted molar refractivity (Wildman–Crippen MR) is 118 cm³/mol. The van der Waals surface area contributed by atoms with Gasteiger partial charge in [-0.15, -0.1) is 0 Å². The number of hydrogen-bond acceptors (Lipinski definition) is 5. The largest absolute Gasteiger partial charge is 0.480 e. The van der Waals surface area contributed by atoms with Crippen molar-refractivity contribution in [1.82, 2.24) is 15.8 Å². The lowest BCUT2D eigenvalue weighted by Crippen LogP contribution is -2.55. The van der Waals surface area contributed by atoms with E-state index in [0.29, 0.717) is 6.42 Å². The fourth-order valence-corrected chi connectivity index (χ4v) is 4.43. The number of hydrogen-bond donors (Lipinski definition) is 3. The monoisotopic (exact) mass is 451 g/mol. The fraction of sp³-hybridized carbons (Fsp3) is 0.333. The molecule has 1 aliphatic heterocycles. The number of ether oxygens (including phenoxy) is 1. The number of amides is 3. The number of rotatable bonds is 7. The standard InChI is InChI=1S/C24H25N3O6/c1-2-7-19(22(29)27-20(23(30)31)12-21(28)26-27)25-24(32)33-13-18-16-10-5-3-8-14(16)15-9-4-6-11-17(15)18/h3-6,8-11,18-20H,2,7,12-13H2,1H3,(H,25,32)(H,26,28)(H,30,31). The van der Waals surface area contributed by atoms with E-state index in [4.69, 9.17) is 4.74 Å². The molecule has 0 aromatic heterocycles. The van der Waals surface area contributed by atoms with Crippen LogP contribution in [0.2, 0.25) is 0 Å². The molecule has 1 heterocycles. The number of aliphatic carboxylic acids is 1. The van der Waals surface area contributed by atoms with Crippen molar-refractivity contribution in [3.8, 4) is 11.1 Å². The zero-order valence-corrected chi connectivity index (χ0v) is 18.1. The van der Waals surface area contributed by atoms with Crippen molar-refractivity contribution in [3.05, 3.63) is 59.7 Å². The molecule has 4 rings (SSSR count). The van der Waals surface area contributed by atoms with E-state index < -0.39 is 36.0 Å². The predicted octanol–water partition coefficient (Wildman–Crippen LogP) is 2.41. The van der Waals surface area contributed by atoms with Crippen molar-refractivity contribution < 1.29 is 29.0 Å². The second-order valence-corrected chi connectivity index (χ2v) is 8.11.